The first-order valence-corrected chi connectivity index (χ1v) is 5.56. The number of aromatic nitrogens is 2. The molecular weight excluding hydrogens is 242 g/mol. The van der Waals surface area contributed by atoms with Crippen LogP contribution in [0.15, 0.2) is 22.6 Å². The summed E-state index contributed by atoms with van der Waals surface area (Å²) < 4.78 is 10.4. The molecule has 1 N–H and O–H groups in total. The summed E-state index contributed by atoms with van der Waals surface area (Å²) >= 11 is 5.57. The van der Waals surface area contributed by atoms with Crippen LogP contribution < -0.4 is 10.1 Å². The van der Waals surface area contributed by atoms with E-state index in [4.69, 9.17) is 20.8 Å². The van der Waals surface area contributed by atoms with E-state index in [9.17, 15) is 0 Å². The van der Waals surface area contributed by atoms with Crippen LogP contribution in [0.5, 0.6) is 5.75 Å². The second kappa shape index (κ2) is 5.05. The number of rotatable bonds is 4. The molecule has 0 saturated carbocycles. The quantitative estimate of drug-likeness (QED) is 0.849. The lowest BCUT2D eigenvalue weighted by atomic mass is 10.2. The molecule has 0 spiro atoms. The van der Waals surface area contributed by atoms with Crippen LogP contribution in [0, 0.1) is 6.92 Å². The minimum atomic E-state index is 0.205. The fraction of sp³-hybridized carbons (Fsp3) is 0.273. The highest BCUT2D eigenvalue weighted by Crippen LogP contribution is 2.24. The third-order valence-corrected chi connectivity index (χ3v) is 2.48. The molecule has 1 aromatic carbocycles. The van der Waals surface area contributed by atoms with Gasteiger partial charge < -0.3 is 14.5 Å². The van der Waals surface area contributed by atoms with Gasteiger partial charge in [0.15, 0.2) is 0 Å². The predicted octanol–water partition coefficient (Wildman–Crippen LogP) is 2.87. The Balaban J connectivity index is 2.18. The molecule has 1 heterocycles. The number of hydrogen-bond acceptors (Lipinski definition) is 5. The average Bonchev–Trinajstić information content (AvgIpc) is 2.79. The van der Waals surface area contributed by atoms with Crippen LogP contribution >= 0.6 is 11.6 Å². The van der Waals surface area contributed by atoms with E-state index in [1.54, 1.807) is 7.11 Å². The van der Waals surface area contributed by atoms with Crippen LogP contribution in [0.25, 0.3) is 0 Å². The van der Waals surface area contributed by atoms with E-state index < -0.39 is 0 Å². The molecule has 2 rings (SSSR count). The van der Waals surface area contributed by atoms with E-state index in [0.717, 1.165) is 17.0 Å². The van der Waals surface area contributed by atoms with Crippen molar-refractivity contribution in [1.82, 2.24) is 10.2 Å². The van der Waals surface area contributed by atoms with Gasteiger partial charge in [-0.25, -0.2) is 0 Å². The molecular formula is C11H12ClN3O2. The molecule has 0 fully saturated rings. The summed E-state index contributed by atoms with van der Waals surface area (Å²) in [7, 11) is 1.63. The number of alkyl halides is 1. The summed E-state index contributed by atoms with van der Waals surface area (Å²) in [5.41, 5.74) is 1.91. The number of methoxy groups -OCH3 is 1. The first-order chi connectivity index (χ1) is 8.22. The van der Waals surface area contributed by atoms with E-state index in [0.29, 0.717) is 11.9 Å². The number of ether oxygens (including phenoxy) is 1. The van der Waals surface area contributed by atoms with Crippen LogP contribution in [0.4, 0.5) is 11.7 Å². The molecule has 0 aliphatic carbocycles. The summed E-state index contributed by atoms with van der Waals surface area (Å²) in [6.07, 6.45) is 0. The first-order valence-electron chi connectivity index (χ1n) is 5.03. The number of aryl methyl sites for hydroxylation is 1. The molecule has 0 amide bonds. The van der Waals surface area contributed by atoms with Crippen molar-refractivity contribution >= 4 is 23.3 Å². The lowest BCUT2D eigenvalue weighted by Crippen LogP contribution is -1.94. The summed E-state index contributed by atoms with van der Waals surface area (Å²) in [6, 6.07) is 5.99. The molecule has 90 valence electrons. The molecule has 0 aliphatic heterocycles. The minimum Gasteiger partial charge on any atom is -0.497 e. The molecule has 0 bridgehead atoms. The van der Waals surface area contributed by atoms with Gasteiger partial charge in [0.2, 0.25) is 5.89 Å². The monoisotopic (exact) mass is 253 g/mol. The van der Waals surface area contributed by atoms with Gasteiger partial charge in [0.05, 0.1) is 7.11 Å². The smallest absolute Gasteiger partial charge is 0.320 e. The number of nitrogens with zero attached hydrogens (tertiary/aromatic N) is 2. The molecule has 0 unspecified atom stereocenters. The van der Waals surface area contributed by atoms with Crippen LogP contribution in [0.1, 0.15) is 11.5 Å². The summed E-state index contributed by atoms with van der Waals surface area (Å²) in [5.74, 6) is 1.40. The van der Waals surface area contributed by atoms with Gasteiger partial charge in [0, 0.05) is 5.69 Å². The Labute approximate surface area is 104 Å². The molecule has 5 nitrogen and oxygen atoms in total. The Hall–Kier alpha value is -1.75. The third-order valence-electron chi connectivity index (χ3n) is 2.26. The van der Waals surface area contributed by atoms with Crippen LogP contribution in [-0.4, -0.2) is 17.3 Å². The fourth-order valence-corrected chi connectivity index (χ4v) is 1.48. The fourth-order valence-electron chi connectivity index (χ4n) is 1.38. The van der Waals surface area contributed by atoms with Crippen molar-refractivity contribution in [3.63, 3.8) is 0 Å². The molecule has 0 atom stereocenters. The molecule has 0 saturated heterocycles. The minimum absolute atomic E-state index is 0.205. The molecule has 0 radical (unpaired) electrons. The van der Waals surface area contributed by atoms with Gasteiger partial charge in [0.25, 0.3) is 0 Å². The maximum atomic E-state index is 5.57. The van der Waals surface area contributed by atoms with E-state index in [2.05, 4.69) is 15.5 Å². The highest BCUT2D eigenvalue weighted by molar-refractivity contribution is 6.16. The van der Waals surface area contributed by atoms with Gasteiger partial charge in [0.1, 0.15) is 11.6 Å². The van der Waals surface area contributed by atoms with Gasteiger partial charge in [-0.15, -0.1) is 16.7 Å². The van der Waals surface area contributed by atoms with Crippen LogP contribution in [0.3, 0.4) is 0 Å². The van der Waals surface area contributed by atoms with Crippen LogP contribution in [0.2, 0.25) is 0 Å². The third kappa shape index (κ3) is 2.68. The topological polar surface area (TPSA) is 60.2 Å². The zero-order valence-corrected chi connectivity index (χ0v) is 10.3. The van der Waals surface area contributed by atoms with Crippen molar-refractivity contribution < 1.29 is 9.15 Å². The van der Waals surface area contributed by atoms with Crippen molar-refractivity contribution in [3.8, 4) is 5.75 Å². The lowest BCUT2D eigenvalue weighted by molar-refractivity contribution is 0.414. The highest BCUT2D eigenvalue weighted by atomic mass is 35.5. The number of benzene rings is 1. The van der Waals surface area contributed by atoms with Gasteiger partial charge in [-0.1, -0.05) is 5.10 Å². The van der Waals surface area contributed by atoms with E-state index in [-0.39, 0.29) is 5.88 Å². The molecule has 2 aromatic rings. The Morgan fingerprint density at radius 1 is 1.41 bits per heavy atom. The van der Waals surface area contributed by atoms with E-state index >= 15 is 0 Å². The Kier molecular flexibility index (Phi) is 3.49. The van der Waals surface area contributed by atoms with Crippen molar-refractivity contribution in [2.45, 2.75) is 12.8 Å². The second-order valence-corrected chi connectivity index (χ2v) is 3.71. The van der Waals surface area contributed by atoms with E-state index in [1.165, 1.54) is 0 Å². The number of nitrogens with one attached hydrogen (secondary N) is 1. The second-order valence-electron chi connectivity index (χ2n) is 3.44. The van der Waals surface area contributed by atoms with E-state index in [1.807, 2.05) is 25.1 Å². The molecule has 0 aliphatic rings. The predicted molar refractivity (Wildman–Crippen MR) is 64.9 cm³/mol. The maximum Gasteiger partial charge on any atom is 0.320 e. The van der Waals surface area contributed by atoms with Crippen molar-refractivity contribution in [2.24, 2.45) is 0 Å². The zero-order chi connectivity index (χ0) is 12.3. The van der Waals surface area contributed by atoms with Gasteiger partial charge in [-0.05, 0) is 30.7 Å². The van der Waals surface area contributed by atoms with Crippen molar-refractivity contribution in [1.29, 1.82) is 0 Å². The van der Waals surface area contributed by atoms with Gasteiger partial charge in [-0.2, -0.15) is 0 Å². The highest BCUT2D eigenvalue weighted by Gasteiger charge is 2.07. The first kappa shape index (κ1) is 11.7. The zero-order valence-electron chi connectivity index (χ0n) is 9.53. The van der Waals surface area contributed by atoms with Gasteiger partial charge >= 0.3 is 6.01 Å². The number of anilines is 2. The maximum absolute atomic E-state index is 5.57. The number of hydrogen-bond donors (Lipinski definition) is 1. The number of halogens is 1. The summed E-state index contributed by atoms with van der Waals surface area (Å²) in [4.78, 5) is 0. The molecule has 6 heteroatoms. The SMILES string of the molecule is COc1ccc(Nc2nnc(CCl)o2)c(C)c1. The Morgan fingerprint density at radius 2 is 2.24 bits per heavy atom. The lowest BCUT2D eigenvalue weighted by Gasteiger charge is -2.07. The van der Waals surface area contributed by atoms with Crippen molar-refractivity contribution in [2.75, 3.05) is 12.4 Å². The van der Waals surface area contributed by atoms with Crippen LogP contribution in [-0.2, 0) is 5.88 Å². The normalized spacial score (nSPS) is 10.3. The average molecular weight is 254 g/mol. The van der Waals surface area contributed by atoms with Gasteiger partial charge in [-0.3, -0.25) is 0 Å². The summed E-state index contributed by atoms with van der Waals surface area (Å²) in [5, 5.41) is 10.6. The molecule has 1 aromatic heterocycles. The largest absolute Gasteiger partial charge is 0.497 e. The summed E-state index contributed by atoms with van der Waals surface area (Å²) in [6.45, 7) is 1.96. The van der Waals surface area contributed by atoms with Crippen molar-refractivity contribution in [3.05, 3.63) is 29.7 Å². The Morgan fingerprint density at radius 3 is 2.82 bits per heavy atom. The standard InChI is InChI=1S/C11H12ClN3O2/c1-7-5-8(16-2)3-4-9(7)13-11-15-14-10(6-12)17-11/h3-5H,6H2,1-2H3,(H,13,15). The molecule has 17 heavy (non-hydrogen) atoms. The Bertz CT molecular complexity index is 513.